The fraction of sp³-hybridized carbons (Fsp3) is 0.571. The van der Waals surface area contributed by atoms with Crippen LogP contribution in [0.2, 0.25) is 0 Å². The van der Waals surface area contributed by atoms with Gasteiger partial charge in [0.15, 0.2) is 0 Å². The first-order valence-electron chi connectivity index (χ1n) is 6.10. The molecule has 2 N–H and O–H groups in total. The lowest BCUT2D eigenvalue weighted by molar-refractivity contribution is 0.191. The van der Waals surface area contributed by atoms with Crippen LogP contribution in [0.25, 0.3) is 0 Å². The van der Waals surface area contributed by atoms with Gasteiger partial charge in [0.1, 0.15) is 11.5 Å². The first kappa shape index (κ1) is 13.8. The van der Waals surface area contributed by atoms with Crippen LogP contribution in [0.15, 0.2) is 18.2 Å². The predicted octanol–water partition coefficient (Wildman–Crippen LogP) is 2.97. The van der Waals surface area contributed by atoms with Crippen LogP contribution in [-0.2, 0) is 6.54 Å². The van der Waals surface area contributed by atoms with Gasteiger partial charge in [0.25, 0.3) is 0 Å². The SMILES string of the molecule is COc1ccc(CN)c(OC(C)CC(C)C)c1. The van der Waals surface area contributed by atoms with Gasteiger partial charge in [-0.25, -0.2) is 0 Å². The van der Waals surface area contributed by atoms with Crippen molar-refractivity contribution in [3.63, 3.8) is 0 Å². The van der Waals surface area contributed by atoms with E-state index >= 15 is 0 Å². The zero-order valence-electron chi connectivity index (χ0n) is 11.2. The maximum absolute atomic E-state index is 5.93. The summed E-state index contributed by atoms with van der Waals surface area (Å²) in [7, 11) is 1.65. The normalized spacial score (nSPS) is 12.6. The van der Waals surface area contributed by atoms with E-state index in [1.807, 2.05) is 18.2 Å². The summed E-state index contributed by atoms with van der Waals surface area (Å²) in [6.07, 6.45) is 1.22. The molecule has 1 atom stereocenters. The average molecular weight is 237 g/mol. The number of methoxy groups -OCH3 is 1. The Morgan fingerprint density at radius 1 is 1.24 bits per heavy atom. The van der Waals surface area contributed by atoms with Crippen LogP contribution in [0.5, 0.6) is 11.5 Å². The molecule has 1 aromatic carbocycles. The molecule has 0 heterocycles. The quantitative estimate of drug-likeness (QED) is 0.827. The molecule has 1 rings (SSSR count). The van der Waals surface area contributed by atoms with Crippen LogP contribution in [0.3, 0.4) is 0 Å². The maximum Gasteiger partial charge on any atom is 0.127 e. The summed E-state index contributed by atoms with van der Waals surface area (Å²) < 4.78 is 11.1. The minimum atomic E-state index is 0.187. The van der Waals surface area contributed by atoms with Gasteiger partial charge < -0.3 is 15.2 Å². The Kier molecular flexibility index (Phi) is 5.29. The lowest BCUT2D eigenvalue weighted by atomic mass is 10.1. The van der Waals surface area contributed by atoms with E-state index < -0.39 is 0 Å². The maximum atomic E-state index is 5.93. The van der Waals surface area contributed by atoms with Crippen LogP contribution in [-0.4, -0.2) is 13.2 Å². The smallest absolute Gasteiger partial charge is 0.127 e. The molecule has 1 unspecified atom stereocenters. The summed E-state index contributed by atoms with van der Waals surface area (Å²) in [4.78, 5) is 0. The Balaban J connectivity index is 2.80. The Morgan fingerprint density at radius 2 is 1.94 bits per heavy atom. The molecule has 96 valence electrons. The molecular weight excluding hydrogens is 214 g/mol. The number of nitrogens with two attached hydrogens (primary N) is 1. The molecule has 1 aromatic rings. The van der Waals surface area contributed by atoms with Crippen LogP contribution in [0, 0.1) is 5.92 Å². The summed E-state index contributed by atoms with van der Waals surface area (Å²) >= 11 is 0. The van der Waals surface area contributed by atoms with Crippen molar-refractivity contribution in [3.8, 4) is 11.5 Å². The molecule has 0 aliphatic heterocycles. The molecule has 0 amide bonds. The zero-order chi connectivity index (χ0) is 12.8. The van der Waals surface area contributed by atoms with Crippen molar-refractivity contribution in [1.29, 1.82) is 0 Å². The van der Waals surface area contributed by atoms with E-state index in [0.29, 0.717) is 12.5 Å². The Labute approximate surface area is 104 Å². The molecule has 0 saturated carbocycles. The van der Waals surface area contributed by atoms with Crippen LogP contribution in [0.4, 0.5) is 0 Å². The second-order valence-corrected chi connectivity index (χ2v) is 4.74. The monoisotopic (exact) mass is 237 g/mol. The van der Waals surface area contributed by atoms with Crippen molar-refractivity contribution in [2.45, 2.75) is 39.8 Å². The van der Waals surface area contributed by atoms with Crippen LogP contribution in [0.1, 0.15) is 32.8 Å². The first-order chi connectivity index (χ1) is 8.06. The van der Waals surface area contributed by atoms with E-state index in [9.17, 15) is 0 Å². The van der Waals surface area contributed by atoms with E-state index in [1.165, 1.54) is 0 Å². The van der Waals surface area contributed by atoms with Crippen molar-refractivity contribution in [1.82, 2.24) is 0 Å². The van der Waals surface area contributed by atoms with E-state index in [2.05, 4.69) is 20.8 Å². The topological polar surface area (TPSA) is 44.5 Å². The number of hydrogen-bond acceptors (Lipinski definition) is 3. The van der Waals surface area contributed by atoms with Crippen molar-refractivity contribution >= 4 is 0 Å². The molecule has 0 aliphatic rings. The van der Waals surface area contributed by atoms with Gasteiger partial charge in [0, 0.05) is 18.2 Å². The number of hydrogen-bond donors (Lipinski definition) is 1. The van der Waals surface area contributed by atoms with Crippen molar-refractivity contribution < 1.29 is 9.47 Å². The number of ether oxygens (including phenoxy) is 2. The summed E-state index contributed by atoms with van der Waals surface area (Å²) in [6.45, 7) is 6.94. The van der Waals surface area contributed by atoms with Crippen LogP contribution < -0.4 is 15.2 Å². The van der Waals surface area contributed by atoms with Crippen molar-refractivity contribution in [2.75, 3.05) is 7.11 Å². The summed E-state index contributed by atoms with van der Waals surface area (Å²) in [6, 6.07) is 5.76. The van der Waals surface area contributed by atoms with Crippen LogP contribution >= 0.6 is 0 Å². The summed E-state index contributed by atoms with van der Waals surface area (Å²) in [5, 5.41) is 0. The van der Waals surface area contributed by atoms with E-state index in [0.717, 1.165) is 23.5 Å². The van der Waals surface area contributed by atoms with Gasteiger partial charge >= 0.3 is 0 Å². The molecule has 0 bridgehead atoms. The molecule has 17 heavy (non-hydrogen) atoms. The highest BCUT2D eigenvalue weighted by Crippen LogP contribution is 2.26. The Bertz CT molecular complexity index is 350. The summed E-state index contributed by atoms with van der Waals surface area (Å²) in [5.74, 6) is 2.26. The molecule has 0 radical (unpaired) electrons. The molecular formula is C14H23NO2. The van der Waals surface area contributed by atoms with Gasteiger partial charge in [0.05, 0.1) is 13.2 Å². The zero-order valence-corrected chi connectivity index (χ0v) is 11.2. The van der Waals surface area contributed by atoms with Gasteiger partial charge in [0.2, 0.25) is 0 Å². The third-order valence-corrected chi connectivity index (χ3v) is 2.63. The molecule has 0 aromatic heterocycles. The number of rotatable bonds is 6. The second-order valence-electron chi connectivity index (χ2n) is 4.74. The van der Waals surface area contributed by atoms with Gasteiger partial charge in [-0.1, -0.05) is 19.9 Å². The second kappa shape index (κ2) is 6.50. The third-order valence-electron chi connectivity index (χ3n) is 2.63. The fourth-order valence-corrected chi connectivity index (χ4v) is 1.87. The third kappa shape index (κ3) is 4.27. The van der Waals surface area contributed by atoms with E-state index in [1.54, 1.807) is 7.11 Å². The molecule has 3 nitrogen and oxygen atoms in total. The van der Waals surface area contributed by atoms with E-state index in [4.69, 9.17) is 15.2 Å². The standard InChI is InChI=1S/C14H23NO2/c1-10(2)7-11(3)17-14-8-13(16-4)6-5-12(14)9-15/h5-6,8,10-11H,7,9,15H2,1-4H3. The first-order valence-corrected chi connectivity index (χ1v) is 6.10. The van der Waals surface area contributed by atoms with Gasteiger partial charge in [-0.15, -0.1) is 0 Å². The lowest BCUT2D eigenvalue weighted by Gasteiger charge is -2.19. The largest absolute Gasteiger partial charge is 0.497 e. The minimum absolute atomic E-state index is 0.187. The molecule has 0 spiro atoms. The van der Waals surface area contributed by atoms with Gasteiger partial charge in [-0.2, -0.15) is 0 Å². The molecule has 0 saturated heterocycles. The Morgan fingerprint density at radius 3 is 2.47 bits per heavy atom. The van der Waals surface area contributed by atoms with Gasteiger partial charge in [-0.3, -0.25) is 0 Å². The number of benzene rings is 1. The molecule has 3 heteroatoms. The summed E-state index contributed by atoms with van der Waals surface area (Å²) in [5.41, 5.74) is 6.71. The average Bonchev–Trinajstić information content (AvgIpc) is 2.27. The predicted molar refractivity (Wildman–Crippen MR) is 70.4 cm³/mol. The minimum Gasteiger partial charge on any atom is -0.497 e. The van der Waals surface area contributed by atoms with Crippen molar-refractivity contribution in [2.24, 2.45) is 11.7 Å². The molecule has 0 fully saturated rings. The van der Waals surface area contributed by atoms with E-state index in [-0.39, 0.29) is 6.10 Å². The molecule has 0 aliphatic carbocycles. The lowest BCUT2D eigenvalue weighted by Crippen LogP contribution is -2.16. The Hall–Kier alpha value is -1.22. The van der Waals surface area contributed by atoms with Crippen molar-refractivity contribution in [3.05, 3.63) is 23.8 Å². The highest BCUT2D eigenvalue weighted by Gasteiger charge is 2.10. The highest BCUT2D eigenvalue weighted by molar-refractivity contribution is 5.40. The van der Waals surface area contributed by atoms with Gasteiger partial charge in [-0.05, 0) is 25.3 Å². The highest BCUT2D eigenvalue weighted by atomic mass is 16.5. The fourth-order valence-electron chi connectivity index (χ4n) is 1.87.